The summed E-state index contributed by atoms with van der Waals surface area (Å²) in [6, 6.07) is 8.86. The number of halogens is 2. The van der Waals surface area contributed by atoms with E-state index in [-0.39, 0.29) is 29.2 Å². The third-order valence-corrected chi connectivity index (χ3v) is 5.61. The number of benzene rings is 1. The number of anilines is 1. The molecule has 1 amide bonds. The van der Waals surface area contributed by atoms with E-state index in [0.717, 1.165) is 16.3 Å². The van der Waals surface area contributed by atoms with Crippen molar-refractivity contribution in [3.8, 4) is 17.1 Å². The summed E-state index contributed by atoms with van der Waals surface area (Å²) in [4.78, 5) is 22.5. The number of hydrogen-bond acceptors (Lipinski definition) is 7. The minimum absolute atomic E-state index is 0.0384. The molecular weight excluding hydrogens is 442 g/mol. The lowest BCUT2D eigenvalue weighted by Gasteiger charge is -2.26. The molecule has 1 unspecified atom stereocenters. The van der Waals surface area contributed by atoms with E-state index in [2.05, 4.69) is 25.5 Å². The Morgan fingerprint density at radius 1 is 1.15 bits per heavy atom. The number of rotatable bonds is 4. The topological polar surface area (TPSA) is 116 Å². The van der Waals surface area contributed by atoms with E-state index in [1.54, 1.807) is 47.9 Å². The van der Waals surface area contributed by atoms with Gasteiger partial charge in [0.15, 0.2) is 17.5 Å². The molecular formula is C23H18F2N8O. The van der Waals surface area contributed by atoms with E-state index in [4.69, 9.17) is 5.73 Å². The van der Waals surface area contributed by atoms with Crippen molar-refractivity contribution in [3.63, 3.8) is 0 Å². The summed E-state index contributed by atoms with van der Waals surface area (Å²) in [6.07, 6.45) is 9.12. The van der Waals surface area contributed by atoms with Crippen LogP contribution >= 0.6 is 0 Å². The van der Waals surface area contributed by atoms with Gasteiger partial charge in [0.05, 0.1) is 5.56 Å². The quantitative estimate of drug-likeness (QED) is 0.497. The number of tetrazole rings is 1. The van der Waals surface area contributed by atoms with Crippen molar-refractivity contribution in [3.05, 3.63) is 90.0 Å². The summed E-state index contributed by atoms with van der Waals surface area (Å²) in [5, 5.41) is 11.4. The highest BCUT2D eigenvalue weighted by Gasteiger charge is 2.23. The smallest absolute Gasteiger partial charge is 0.257 e. The van der Waals surface area contributed by atoms with E-state index in [0.29, 0.717) is 24.1 Å². The molecule has 4 aromatic rings. The number of carbonyl (C=O) groups excluding carboxylic acids is 1. The van der Waals surface area contributed by atoms with Gasteiger partial charge >= 0.3 is 0 Å². The average molecular weight is 460 g/mol. The van der Waals surface area contributed by atoms with Gasteiger partial charge in [-0.2, -0.15) is 4.68 Å². The molecule has 1 aliphatic heterocycles. The molecule has 11 heteroatoms. The van der Waals surface area contributed by atoms with Crippen LogP contribution in [0.25, 0.3) is 17.1 Å². The van der Waals surface area contributed by atoms with Crippen molar-refractivity contribution in [2.24, 2.45) is 0 Å². The van der Waals surface area contributed by atoms with Crippen LogP contribution in [0.15, 0.2) is 67.3 Å². The number of allylic oxidation sites excluding steroid dienone is 1. The Labute approximate surface area is 192 Å². The van der Waals surface area contributed by atoms with Crippen molar-refractivity contribution in [1.82, 2.24) is 35.1 Å². The van der Waals surface area contributed by atoms with Crippen LogP contribution in [0.1, 0.15) is 28.3 Å². The van der Waals surface area contributed by atoms with Gasteiger partial charge in [0.1, 0.15) is 11.5 Å². The van der Waals surface area contributed by atoms with Crippen LogP contribution in [0.4, 0.5) is 14.6 Å². The minimum atomic E-state index is -1.08. The zero-order valence-electron chi connectivity index (χ0n) is 17.7. The Bertz CT molecular complexity index is 1390. The third-order valence-electron chi connectivity index (χ3n) is 5.61. The standard InChI is InChI=1S/C23H18F2N8O/c24-18-2-1-3-19(20(18)25)33-22(29-30-31-33)17-12-16(13-28-21(17)26)14-6-10-32(11-7-14)23(34)15-4-8-27-9-5-15/h1-6,8-10,12-14H,7,11H2,(H2,26,28). The van der Waals surface area contributed by atoms with Crippen LogP contribution < -0.4 is 5.73 Å². The molecule has 1 aliphatic rings. The number of pyridine rings is 2. The maximum atomic E-state index is 14.4. The van der Waals surface area contributed by atoms with Crippen LogP contribution in [-0.4, -0.2) is 47.5 Å². The number of hydrogen-bond donors (Lipinski definition) is 1. The summed E-state index contributed by atoms with van der Waals surface area (Å²) < 4.78 is 29.2. The number of nitrogens with zero attached hydrogens (tertiary/aromatic N) is 7. The van der Waals surface area contributed by atoms with Gasteiger partial charge in [-0.25, -0.2) is 13.8 Å². The van der Waals surface area contributed by atoms with Gasteiger partial charge in [0.2, 0.25) is 0 Å². The fraction of sp³-hybridized carbons (Fsp3) is 0.130. The first-order chi connectivity index (χ1) is 16.5. The number of nitrogens with two attached hydrogens (primary N) is 1. The molecule has 9 nitrogen and oxygen atoms in total. The van der Waals surface area contributed by atoms with Crippen LogP contribution in [-0.2, 0) is 0 Å². The predicted molar refractivity (Wildman–Crippen MR) is 118 cm³/mol. The fourth-order valence-corrected chi connectivity index (χ4v) is 3.81. The molecule has 0 radical (unpaired) electrons. The molecule has 0 aliphatic carbocycles. The van der Waals surface area contributed by atoms with E-state index in [9.17, 15) is 13.6 Å². The van der Waals surface area contributed by atoms with Crippen molar-refractivity contribution >= 4 is 11.7 Å². The molecule has 0 bridgehead atoms. The maximum Gasteiger partial charge on any atom is 0.257 e. The lowest BCUT2D eigenvalue weighted by Crippen LogP contribution is -2.30. The second-order valence-electron chi connectivity index (χ2n) is 7.66. The number of amides is 1. The molecule has 170 valence electrons. The summed E-state index contributed by atoms with van der Waals surface area (Å²) in [6.45, 7) is 0.508. The highest BCUT2D eigenvalue weighted by atomic mass is 19.2. The number of aromatic nitrogens is 6. The largest absolute Gasteiger partial charge is 0.383 e. The van der Waals surface area contributed by atoms with Crippen molar-refractivity contribution < 1.29 is 13.6 Å². The first-order valence-electron chi connectivity index (χ1n) is 10.4. The molecule has 0 fully saturated rings. The van der Waals surface area contributed by atoms with Crippen molar-refractivity contribution in [2.75, 3.05) is 12.3 Å². The molecule has 4 heterocycles. The Balaban J connectivity index is 1.44. The van der Waals surface area contributed by atoms with Crippen LogP contribution in [0.5, 0.6) is 0 Å². The van der Waals surface area contributed by atoms with Gasteiger partial charge in [-0.1, -0.05) is 12.1 Å². The molecule has 5 rings (SSSR count). The molecule has 3 aromatic heterocycles. The summed E-state index contributed by atoms with van der Waals surface area (Å²) in [5.41, 5.74) is 7.71. The number of carbonyl (C=O) groups is 1. The van der Waals surface area contributed by atoms with Gasteiger partial charge in [0.25, 0.3) is 5.91 Å². The van der Waals surface area contributed by atoms with Crippen LogP contribution in [0.2, 0.25) is 0 Å². The first kappa shape index (κ1) is 21.3. The van der Waals surface area contributed by atoms with E-state index in [1.165, 1.54) is 12.1 Å². The molecule has 0 saturated carbocycles. The lowest BCUT2D eigenvalue weighted by atomic mass is 9.93. The highest BCUT2D eigenvalue weighted by Crippen LogP contribution is 2.32. The molecule has 34 heavy (non-hydrogen) atoms. The minimum Gasteiger partial charge on any atom is -0.383 e. The second-order valence-corrected chi connectivity index (χ2v) is 7.66. The second kappa shape index (κ2) is 8.77. The molecule has 1 aromatic carbocycles. The Kier molecular flexibility index (Phi) is 5.50. The summed E-state index contributed by atoms with van der Waals surface area (Å²) in [5.74, 6) is -1.96. The zero-order chi connectivity index (χ0) is 23.7. The van der Waals surface area contributed by atoms with Gasteiger partial charge in [-0.15, -0.1) is 5.10 Å². The van der Waals surface area contributed by atoms with E-state index >= 15 is 0 Å². The van der Waals surface area contributed by atoms with Gasteiger partial charge < -0.3 is 10.6 Å². The Hall–Kier alpha value is -4.54. The molecule has 0 spiro atoms. The highest BCUT2D eigenvalue weighted by molar-refractivity contribution is 5.94. The predicted octanol–water partition coefficient (Wildman–Crippen LogP) is 3.12. The lowest BCUT2D eigenvalue weighted by molar-refractivity contribution is 0.0813. The third kappa shape index (κ3) is 3.87. The average Bonchev–Trinajstić information content (AvgIpc) is 3.36. The van der Waals surface area contributed by atoms with Gasteiger partial charge in [-0.3, -0.25) is 9.78 Å². The van der Waals surface area contributed by atoms with Crippen LogP contribution in [0.3, 0.4) is 0 Å². The van der Waals surface area contributed by atoms with E-state index in [1.807, 2.05) is 6.08 Å². The SMILES string of the molecule is Nc1ncc(C2C=CN(C(=O)c3ccncc3)CC2)cc1-c1nnnn1-c1cccc(F)c1F. The normalized spacial score (nSPS) is 15.5. The van der Waals surface area contributed by atoms with Crippen molar-refractivity contribution in [1.29, 1.82) is 0 Å². The maximum absolute atomic E-state index is 14.4. The van der Waals surface area contributed by atoms with Crippen LogP contribution in [0, 0.1) is 11.6 Å². The summed E-state index contributed by atoms with van der Waals surface area (Å²) in [7, 11) is 0. The van der Waals surface area contributed by atoms with E-state index < -0.39 is 11.6 Å². The molecule has 2 N–H and O–H groups in total. The first-order valence-corrected chi connectivity index (χ1v) is 10.4. The molecule has 0 saturated heterocycles. The van der Waals surface area contributed by atoms with Gasteiger partial charge in [-0.05, 0) is 52.7 Å². The Morgan fingerprint density at radius 3 is 2.74 bits per heavy atom. The zero-order valence-corrected chi connectivity index (χ0v) is 17.7. The monoisotopic (exact) mass is 460 g/mol. The van der Waals surface area contributed by atoms with Gasteiger partial charge in [0, 0.05) is 42.8 Å². The van der Waals surface area contributed by atoms with Crippen molar-refractivity contribution in [2.45, 2.75) is 12.3 Å². The Morgan fingerprint density at radius 2 is 1.97 bits per heavy atom. The fourth-order valence-electron chi connectivity index (χ4n) is 3.81. The summed E-state index contributed by atoms with van der Waals surface area (Å²) >= 11 is 0. The molecule has 1 atom stereocenters. The number of nitrogen functional groups attached to an aromatic ring is 1.